The minimum Gasteiger partial charge on any atom is -0.478 e. The number of amides is 1. The molecule has 0 unspecified atom stereocenters. The minimum atomic E-state index is -1.50. The van der Waals surface area contributed by atoms with Crippen molar-refractivity contribution in [2.75, 3.05) is 5.32 Å². The van der Waals surface area contributed by atoms with Crippen LogP contribution in [0.2, 0.25) is 20.1 Å². The Hall–Kier alpha value is -1.53. The Labute approximate surface area is 149 Å². The molecule has 0 saturated heterocycles. The molecule has 0 aliphatic carbocycles. The third-order valence-corrected chi connectivity index (χ3v) is 4.61. The normalized spacial score (nSPS) is 10.5. The molecule has 4 nitrogen and oxygen atoms in total. The molecule has 0 bridgehead atoms. The average molecular weight is 397 g/mol. The van der Waals surface area contributed by atoms with Gasteiger partial charge in [0.1, 0.15) is 5.82 Å². The highest BCUT2D eigenvalue weighted by Crippen LogP contribution is 2.41. The first-order valence-electron chi connectivity index (χ1n) is 5.90. The van der Waals surface area contributed by atoms with Crippen LogP contribution in [-0.4, -0.2) is 17.0 Å². The molecule has 23 heavy (non-hydrogen) atoms. The predicted octanol–water partition coefficient (Wildman–Crippen LogP) is 5.39. The quantitative estimate of drug-likeness (QED) is 0.539. The molecule has 9 heteroatoms. The summed E-state index contributed by atoms with van der Waals surface area (Å²) in [6.45, 7) is 0. The number of carboxylic acids is 1. The minimum absolute atomic E-state index is 0.228. The van der Waals surface area contributed by atoms with Crippen molar-refractivity contribution in [1.29, 1.82) is 0 Å². The molecular formula is C14H6Cl4FNO3. The topological polar surface area (TPSA) is 66.4 Å². The lowest BCUT2D eigenvalue weighted by Gasteiger charge is -2.14. The van der Waals surface area contributed by atoms with Gasteiger partial charge in [0.05, 0.1) is 31.2 Å². The molecule has 2 aromatic carbocycles. The van der Waals surface area contributed by atoms with Crippen molar-refractivity contribution in [3.63, 3.8) is 0 Å². The van der Waals surface area contributed by atoms with Crippen molar-refractivity contribution in [3.05, 3.63) is 61.3 Å². The average Bonchev–Trinajstić information content (AvgIpc) is 2.50. The van der Waals surface area contributed by atoms with Crippen molar-refractivity contribution in [3.8, 4) is 0 Å². The third-order valence-electron chi connectivity index (χ3n) is 2.81. The number of anilines is 1. The van der Waals surface area contributed by atoms with E-state index in [1.165, 1.54) is 12.1 Å². The van der Waals surface area contributed by atoms with Gasteiger partial charge in [-0.3, -0.25) is 4.79 Å². The molecule has 0 aliphatic heterocycles. The summed E-state index contributed by atoms with van der Waals surface area (Å²) in [5, 5.41) is 10.4. The molecule has 0 spiro atoms. The van der Waals surface area contributed by atoms with Gasteiger partial charge in [-0.15, -0.1) is 0 Å². The van der Waals surface area contributed by atoms with Crippen LogP contribution in [0.25, 0.3) is 0 Å². The molecule has 2 N–H and O–H groups in total. The van der Waals surface area contributed by atoms with Crippen molar-refractivity contribution in [1.82, 2.24) is 0 Å². The number of rotatable bonds is 3. The summed E-state index contributed by atoms with van der Waals surface area (Å²) in [6, 6.07) is 4.83. The highest BCUT2D eigenvalue weighted by atomic mass is 35.5. The largest absolute Gasteiger partial charge is 0.478 e. The van der Waals surface area contributed by atoms with Crippen LogP contribution in [0.1, 0.15) is 20.7 Å². The van der Waals surface area contributed by atoms with Crippen LogP contribution in [-0.2, 0) is 0 Å². The molecule has 1 amide bonds. The van der Waals surface area contributed by atoms with E-state index in [0.29, 0.717) is 0 Å². The first-order valence-corrected chi connectivity index (χ1v) is 7.41. The Balaban J connectivity index is 2.55. The number of benzene rings is 2. The first-order chi connectivity index (χ1) is 10.7. The molecule has 0 saturated carbocycles. The number of carbonyl (C=O) groups excluding carboxylic acids is 1. The van der Waals surface area contributed by atoms with E-state index < -0.39 is 33.8 Å². The second-order valence-electron chi connectivity index (χ2n) is 4.27. The maximum absolute atomic E-state index is 12.9. The Morgan fingerprint density at radius 2 is 1.35 bits per heavy atom. The molecule has 0 aliphatic rings. The molecule has 0 atom stereocenters. The van der Waals surface area contributed by atoms with Gasteiger partial charge in [-0.2, -0.15) is 0 Å². The van der Waals surface area contributed by atoms with Crippen molar-refractivity contribution < 1.29 is 19.1 Å². The summed E-state index contributed by atoms with van der Waals surface area (Å²) in [4.78, 5) is 23.7. The van der Waals surface area contributed by atoms with Gasteiger partial charge in [-0.1, -0.05) is 46.4 Å². The Morgan fingerprint density at radius 1 is 0.870 bits per heavy atom. The molecule has 2 aromatic rings. The van der Waals surface area contributed by atoms with Crippen LogP contribution >= 0.6 is 46.4 Å². The van der Waals surface area contributed by atoms with Gasteiger partial charge in [0.25, 0.3) is 5.91 Å². The third kappa shape index (κ3) is 3.53. The highest BCUT2D eigenvalue weighted by molar-refractivity contribution is 6.54. The van der Waals surface area contributed by atoms with Gasteiger partial charge in [-0.05, 0) is 24.3 Å². The highest BCUT2D eigenvalue weighted by Gasteiger charge is 2.28. The summed E-state index contributed by atoms with van der Waals surface area (Å²) < 4.78 is 12.9. The van der Waals surface area contributed by atoms with Crippen LogP contribution in [0, 0.1) is 5.82 Å². The lowest BCUT2D eigenvalue weighted by Crippen LogP contribution is -2.18. The van der Waals surface area contributed by atoms with Gasteiger partial charge in [0.15, 0.2) is 0 Å². The number of nitrogens with one attached hydrogen (secondary N) is 1. The molecule has 0 aromatic heterocycles. The van der Waals surface area contributed by atoms with E-state index in [-0.39, 0.29) is 20.8 Å². The number of halogens is 5. The van der Waals surface area contributed by atoms with Crippen molar-refractivity contribution in [2.45, 2.75) is 0 Å². The summed E-state index contributed by atoms with van der Waals surface area (Å²) in [6.07, 6.45) is 0. The van der Waals surface area contributed by atoms with Crippen molar-refractivity contribution >= 4 is 64.0 Å². The van der Waals surface area contributed by atoms with Gasteiger partial charge in [0, 0.05) is 5.69 Å². The zero-order chi connectivity index (χ0) is 17.3. The fourth-order valence-corrected chi connectivity index (χ4v) is 2.79. The van der Waals surface area contributed by atoms with E-state index in [9.17, 15) is 19.1 Å². The number of hydrogen-bond acceptors (Lipinski definition) is 2. The molecule has 0 heterocycles. The Kier molecular flexibility index (Phi) is 5.37. The second-order valence-corrected chi connectivity index (χ2v) is 5.78. The fraction of sp³-hybridized carbons (Fsp3) is 0. The molecule has 2 rings (SSSR count). The summed E-state index contributed by atoms with van der Waals surface area (Å²) in [5.74, 6) is -2.87. The van der Waals surface area contributed by atoms with E-state index >= 15 is 0 Å². The van der Waals surface area contributed by atoms with E-state index in [4.69, 9.17) is 46.4 Å². The maximum atomic E-state index is 12.9. The number of hydrogen-bond donors (Lipinski definition) is 2. The maximum Gasteiger partial charge on any atom is 0.338 e. The molecular weight excluding hydrogens is 391 g/mol. The van der Waals surface area contributed by atoms with E-state index in [0.717, 1.165) is 12.1 Å². The lowest BCUT2D eigenvalue weighted by atomic mass is 10.1. The standard InChI is InChI=1S/C14H6Cl4FNO3/c15-9-7(8(14(22)23)10(16)12(18)11(9)17)13(21)20-6-3-1-5(19)2-4-6/h1-4H,(H,20,21)(H,22,23). The van der Waals surface area contributed by atoms with Crippen LogP contribution in [0.5, 0.6) is 0 Å². The smallest absolute Gasteiger partial charge is 0.338 e. The van der Waals surface area contributed by atoms with Crippen LogP contribution < -0.4 is 5.32 Å². The van der Waals surface area contributed by atoms with Gasteiger partial charge in [-0.25, -0.2) is 9.18 Å². The molecule has 0 radical (unpaired) electrons. The fourth-order valence-electron chi connectivity index (χ4n) is 1.77. The van der Waals surface area contributed by atoms with Crippen LogP contribution in [0.15, 0.2) is 24.3 Å². The van der Waals surface area contributed by atoms with E-state index in [1.54, 1.807) is 0 Å². The van der Waals surface area contributed by atoms with Gasteiger partial charge in [0.2, 0.25) is 0 Å². The van der Waals surface area contributed by atoms with Crippen LogP contribution in [0.4, 0.5) is 10.1 Å². The summed E-state index contributed by atoms with van der Waals surface area (Å²) >= 11 is 23.5. The zero-order valence-electron chi connectivity index (χ0n) is 11.0. The number of carbonyl (C=O) groups is 2. The summed E-state index contributed by atoms with van der Waals surface area (Å²) in [5.41, 5.74) is -0.792. The summed E-state index contributed by atoms with van der Waals surface area (Å²) in [7, 11) is 0. The number of carboxylic acid groups (broad SMARTS) is 1. The lowest BCUT2D eigenvalue weighted by molar-refractivity contribution is 0.0692. The SMILES string of the molecule is O=C(O)c1c(Cl)c(Cl)c(Cl)c(Cl)c1C(=O)Nc1ccc(F)cc1. The predicted molar refractivity (Wildman–Crippen MR) is 87.8 cm³/mol. The van der Waals surface area contributed by atoms with E-state index in [1.807, 2.05) is 0 Å². The van der Waals surface area contributed by atoms with Gasteiger partial charge >= 0.3 is 5.97 Å². The Morgan fingerprint density at radius 3 is 1.83 bits per heavy atom. The van der Waals surface area contributed by atoms with E-state index in [2.05, 4.69) is 5.32 Å². The molecule has 0 fully saturated rings. The zero-order valence-corrected chi connectivity index (χ0v) is 14.0. The van der Waals surface area contributed by atoms with Gasteiger partial charge < -0.3 is 10.4 Å². The van der Waals surface area contributed by atoms with Crippen LogP contribution in [0.3, 0.4) is 0 Å². The Bertz CT molecular complexity index is 809. The monoisotopic (exact) mass is 395 g/mol. The first kappa shape index (κ1) is 17.8. The van der Waals surface area contributed by atoms with Crippen molar-refractivity contribution in [2.24, 2.45) is 0 Å². The number of aromatic carboxylic acids is 1. The molecule has 120 valence electrons. The second kappa shape index (κ2) is 6.93.